The van der Waals surface area contributed by atoms with Crippen molar-refractivity contribution in [3.8, 4) is 55.6 Å². The van der Waals surface area contributed by atoms with Crippen molar-refractivity contribution < 1.29 is 0 Å². The quantitative estimate of drug-likeness (QED) is 0.158. The maximum Gasteiger partial charge on any atom is 0.161 e. The van der Waals surface area contributed by atoms with Crippen LogP contribution < -0.4 is 5.32 Å². The molecule has 0 unspecified atom stereocenters. The molecule has 0 atom stereocenters. The van der Waals surface area contributed by atoms with Crippen LogP contribution in [-0.4, -0.2) is 40.4 Å². The van der Waals surface area contributed by atoms with E-state index in [0.717, 1.165) is 84.6 Å². The summed E-state index contributed by atoms with van der Waals surface area (Å²) in [4.78, 5) is 24.3. The molecule has 0 saturated heterocycles. The lowest BCUT2D eigenvalue weighted by atomic mass is 9.96. The second-order valence-electron chi connectivity index (χ2n) is 15.0. The van der Waals surface area contributed by atoms with Crippen LogP contribution in [-0.2, 0) is 0 Å². The van der Waals surface area contributed by atoms with E-state index >= 15 is 0 Å². The molecular weight excluding hydrogens is 745 g/mol. The van der Waals surface area contributed by atoms with E-state index < -0.39 is 0 Å². The second-order valence-corrected chi connectivity index (χ2v) is 15.0. The first-order chi connectivity index (χ1) is 30.2. The molecular formula is C55H40N6. The van der Waals surface area contributed by atoms with Gasteiger partial charge in [-0.3, -0.25) is 15.0 Å². The van der Waals surface area contributed by atoms with Crippen molar-refractivity contribution in [2.75, 3.05) is 13.1 Å². The normalized spacial score (nSPS) is 13.6. The molecule has 0 fully saturated rings. The van der Waals surface area contributed by atoms with Crippen LogP contribution in [0.1, 0.15) is 22.3 Å². The molecule has 6 nitrogen and oxygen atoms in total. The Bertz CT molecular complexity index is 3050. The Hall–Kier alpha value is -8.09. The molecule has 2 aliphatic rings. The molecule has 0 amide bonds. The summed E-state index contributed by atoms with van der Waals surface area (Å²) in [6.07, 6.45) is 13.7. The highest BCUT2D eigenvalue weighted by atomic mass is 15.0. The second kappa shape index (κ2) is 17.0. The number of amidine groups is 2. The lowest BCUT2D eigenvalue weighted by molar-refractivity contribution is 0.976. The average molecular weight is 785 g/mol. The number of allylic oxidation sites excluding steroid dienone is 2. The van der Waals surface area contributed by atoms with Crippen molar-refractivity contribution in [2.24, 2.45) is 15.0 Å². The highest BCUT2D eigenvalue weighted by Gasteiger charge is 2.17. The summed E-state index contributed by atoms with van der Waals surface area (Å²) in [6, 6.07) is 59.7. The first kappa shape index (κ1) is 37.2. The van der Waals surface area contributed by atoms with Crippen molar-refractivity contribution in [3.05, 3.63) is 235 Å². The summed E-state index contributed by atoms with van der Waals surface area (Å²) >= 11 is 0. The summed E-state index contributed by atoms with van der Waals surface area (Å²) < 4.78 is 0. The predicted molar refractivity (Wildman–Crippen MR) is 252 cm³/mol. The number of nitrogens with zero attached hydrogens (tertiary/aromatic N) is 5. The van der Waals surface area contributed by atoms with Gasteiger partial charge < -0.3 is 5.32 Å². The molecule has 0 aliphatic carbocycles. The maximum absolute atomic E-state index is 5.36. The van der Waals surface area contributed by atoms with Crippen molar-refractivity contribution in [3.63, 3.8) is 0 Å². The molecule has 6 heteroatoms. The van der Waals surface area contributed by atoms with Crippen LogP contribution >= 0.6 is 0 Å². The number of rotatable bonds is 9. The topological polar surface area (TPSA) is 74.9 Å². The zero-order valence-electron chi connectivity index (χ0n) is 33.4. The van der Waals surface area contributed by atoms with Crippen molar-refractivity contribution >= 4 is 23.0 Å². The Balaban J connectivity index is 1.04. The van der Waals surface area contributed by atoms with Crippen LogP contribution in [0.25, 0.3) is 61.2 Å². The number of hydrogen-bond donors (Lipinski definition) is 1. The third-order valence-corrected chi connectivity index (χ3v) is 11.0. The number of nitrogens with one attached hydrogen (secondary N) is 1. The van der Waals surface area contributed by atoms with E-state index in [-0.39, 0.29) is 0 Å². The summed E-state index contributed by atoms with van der Waals surface area (Å²) in [5, 5.41) is 3.25. The fourth-order valence-electron chi connectivity index (χ4n) is 7.86. The molecule has 61 heavy (non-hydrogen) atoms. The number of dihydropyridines is 1. The standard InChI is InChI=1S/C55H40N6/c1-7-41(38-19-25-56-26-20-38)31-44(10-1)47-13-4-16-50(34-47)53-37-59-54(51-17-5-14-48(35-51)45-11-2-8-42(32-45)39-21-27-57-28-22-39)61-55(60-53)52-18-6-15-49(36-52)46-12-3-9-43(33-46)40-23-29-58-30-24-40/h1-25,27-36,56H,26,37H2. The Morgan fingerprint density at radius 2 is 0.754 bits per heavy atom. The Kier molecular flexibility index (Phi) is 10.4. The minimum atomic E-state index is 0.367. The summed E-state index contributed by atoms with van der Waals surface area (Å²) in [7, 11) is 0. The summed E-state index contributed by atoms with van der Waals surface area (Å²) in [6.45, 7) is 1.19. The fourth-order valence-corrected chi connectivity index (χ4v) is 7.86. The minimum Gasteiger partial charge on any atom is -0.387 e. The van der Waals surface area contributed by atoms with Crippen molar-refractivity contribution in [2.45, 2.75) is 0 Å². The molecule has 1 N–H and O–H groups in total. The van der Waals surface area contributed by atoms with Gasteiger partial charge in [-0.05, 0) is 145 Å². The minimum absolute atomic E-state index is 0.367. The monoisotopic (exact) mass is 784 g/mol. The molecule has 8 aromatic rings. The summed E-state index contributed by atoms with van der Waals surface area (Å²) in [5.74, 6) is 1.25. The molecule has 290 valence electrons. The number of pyridine rings is 2. The van der Waals surface area contributed by atoms with E-state index in [2.05, 4.69) is 173 Å². The van der Waals surface area contributed by atoms with Crippen LogP contribution in [0.15, 0.2) is 228 Å². The highest BCUT2D eigenvalue weighted by molar-refractivity contribution is 6.20. The van der Waals surface area contributed by atoms with Gasteiger partial charge in [0.05, 0.1) is 12.3 Å². The molecule has 4 heterocycles. The lowest BCUT2D eigenvalue weighted by Crippen LogP contribution is -2.09. The Morgan fingerprint density at radius 1 is 0.361 bits per heavy atom. The van der Waals surface area contributed by atoms with E-state index in [0.29, 0.717) is 18.2 Å². The zero-order chi connectivity index (χ0) is 40.8. The van der Waals surface area contributed by atoms with Gasteiger partial charge in [-0.1, -0.05) is 115 Å². The van der Waals surface area contributed by atoms with Gasteiger partial charge in [0.1, 0.15) is 0 Å². The molecule has 0 bridgehead atoms. The first-order valence-corrected chi connectivity index (χ1v) is 20.4. The Morgan fingerprint density at radius 3 is 1.25 bits per heavy atom. The summed E-state index contributed by atoms with van der Waals surface area (Å²) in [5.41, 5.74) is 17.2. The van der Waals surface area contributed by atoms with E-state index in [1.54, 1.807) is 0 Å². The van der Waals surface area contributed by atoms with Gasteiger partial charge in [0.25, 0.3) is 0 Å². The van der Waals surface area contributed by atoms with E-state index in [4.69, 9.17) is 15.0 Å². The molecule has 0 radical (unpaired) electrons. The van der Waals surface area contributed by atoms with Gasteiger partial charge in [-0.25, -0.2) is 9.98 Å². The lowest BCUT2D eigenvalue weighted by Gasteiger charge is -2.12. The molecule has 0 spiro atoms. The van der Waals surface area contributed by atoms with E-state index in [1.807, 2.05) is 55.3 Å². The van der Waals surface area contributed by atoms with Gasteiger partial charge in [-0.15, -0.1) is 0 Å². The zero-order valence-corrected chi connectivity index (χ0v) is 33.4. The molecule has 6 aromatic carbocycles. The maximum atomic E-state index is 5.36. The van der Waals surface area contributed by atoms with Crippen LogP contribution in [0.3, 0.4) is 0 Å². The predicted octanol–water partition coefficient (Wildman–Crippen LogP) is 12.0. The Labute approximate surface area is 355 Å². The first-order valence-electron chi connectivity index (χ1n) is 20.4. The number of aromatic nitrogens is 2. The van der Waals surface area contributed by atoms with E-state index in [9.17, 15) is 0 Å². The SMILES string of the molecule is C1=CC(c2cccc(-c3cccc(C4=NC(c5cccc(-c6cccc(-c7ccncc7)c6)c5)=NC(c5cccc(-c6cccc(-c7ccncc7)c6)c5)=NC4)c3)c2)=CCN1. The number of aliphatic imine (C=N–C) groups is 3. The van der Waals surface area contributed by atoms with Crippen molar-refractivity contribution in [1.29, 1.82) is 0 Å². The third kappa shape index (κ3) is 8.29. The smallest absolute Gasteiger partial charge is 0.161 e. The number of benzene rings is 6. The van der Waals surface area contributed by atoms with Gasteiger partial charge in [-0.2, -0.15) is 0 Å². The molecule has 2 aliphatic heterocycles. The largest absolute Gasteiger partial charge is 0.387 e. The molecule has 2 aromatic heterocycles. The van der Waals surface area contributed by atoms with Crippen LogP contribution in [0.2, 0.25) is 0 Å². The molecule has 0 saturated carbocycles. The van der Waals surface area contributed by atoms with Crippen LogP contribution in [0, 0.1) is 0 Å². The average Bonchev–Trinajstić information content (AvgIpc) is 3.59. The van der Waals surface area contributed by atoms with Gasteiger partial charge >= 0.3 is 0 Å². The van der Waals surface area contributed by atoms with Crippen LogP contribution in [0.5, 0.6) is 0 Å². The van der Waals surface area contributed by atoms with Crippen LogP contribution in [0.4, 0.5) is 0 Å². The van der Waals surface area contributed by atoms with Gasteiger partial charge in [0.2, 0.25) is 0 Å². The molecule has 10 rings (SSSR count). The van der Waals surface area contributed by atoms with E-state index in [1.165, 1.54) is 11.1 Å². The van der Waals surface area contributed by atoms with Gasteiger partial charge in [0.15, 0.2) is 11.7 Å². The number of hydrogen-bond acceptors (Lipinski definition) is 6. The third-order valence-electron chi connectivity index (χ3n) is 11.0. The highest BCUT2D eigenvalue weighted by Crippen LogP contribution is 2.31. The fraction of sp³-hybridized carbons (Fsp3) is 0.0364. The van der Waals surface area contributed by atoms with Crippen molar-refractivity contribution in [1.82, 2.24) is 15.3 Å². The van der Waals surface area contributed by atoms with Gasteiger partial charge in [0, 0.05) is 42.5 Å².